The van der Waals surface area contributed by atoms with Gasteiger partial charge in [0, 0.05) is 13.2 Å². The normalized spacial score (nSPS) is 32.8. The van der Waals surface area contributed by atoms with Crippen LogP contribution in [0.15, 0.2) is 0 Å². The molecule has 2 atom stereocenters. The summed E-state index contributed by atoms with van der Waals surface area (Å²) in [7, 11) is 1.87. The van der Waals surface area contributed by atoms with E-state index in [1.54, 1.807) is 0 Å². The molecule has 0 radical (unpaired) electrons. The number of rotatable bonds is 4. The number of methoxy groups -OCH3 is 1. The molecule has 0 spiro atoms. The van der Waals surface area contributed by atoms with E-state index in [9.17, 15) is 0 Å². The van der Waals surface area contributed by atoms with Crippen LogP contribution >= 0.6 is 0 Å². The van der Waals surface area contributed by atoms with Crippen molar-refractivity contribution in [2.45, 2.75) is 69.9 Å². The molecule has 0 amide bonds. The molecule has 0 bridgehead atoms. The van der Waals surface area contributed by atoms with E-state index in [1.807, 2.05) is 7.11 Å². The van der Waals surface area contributed by atoms with Crippen LogP contribution in [-0.4, -0.2) is 25.8 Å². The molecule has 2 nitrogen and oxygen atoms in total. The highest BCUT2D eigenvalue weighted by molar-refractivity contribution is 4.82. The Morgan fingerprint density at radius 1 is 0.938 bits per heavy atom. The number of ether oxygens (including phenoxy) is 1. The number of hydrogen-bond donors (Lipinski definition) is 1. The molecule has 2 aliphatic carbocycles. The van der Waals surface area contributed by atoms with Crippen LogP contribution in [0.5, 0.6) is 0 Å². The fourth-order valence-electron chi connectivity index (χ4n) is 3.32. The predicted molar refractivity (Wildman–Crippen MR) is 67.6 cm³/mol. The molecular weight excluding hydrogens is 198 g/mol. The van der Waals surface area contributed by atoms with E-state index in [0.717, 1.165) is 5.92 Å². The van der Waals surface area contributed by atoms with Crippen molar-refractivity contribution >= 4 is 0 Å². The van der Waals surface area contributed by atoms with E-state index in [-0.39, 0.29) is 0 Å². The Kier molecular flexibility index (Phi) is 5.11. The lowest BCUT2D eigenvalue weighted by atomic mass is 9.88. The van der Waals surface area contributed by atoms with E-state index in [1.165, 1.54) is 64.3 Å². The molecule has 0 saturated heterocycles. The largest absolute Gasteiger partial charge is 0.380 e. The lowest BCUT2D eigenvalue weighted by molar-refractivity contribution is 0.0399. The zero-order chi connectivity index (χ0) is 11.2. The van der Waals surface area contributed by atoms with E-state index in [0.29, 0.717) is 12.1 Å². The van der Waals surface area contributed by atoms with Crippen LogP contribution in [0.3, 0.4) is 0 Å². The summed E-state index contributed by atoms with van der Waals surface area (Å²) in [5.74, 6) is 0.938. The number of hydrogen-bond acceptors (Lipinski definition) is 2. The third-order valence-corrected chi connectivity index (χ3v) is 4.40. The smallest absolute Gasteiger partial charge is 0.0724 e. The van der Waals surface area contributed by atoms with Crippen LogP contribution in [-0.2, 0) is 4.74 Å². The summed E-state index contributed by atoms with van der Waals surface area (Å²) in [6.07, 6.45) is 13.0. The van der Waals surface area contributed by atoms with Crippen LogP contribution < -0.4 is 5.32 Å². The molecule has 0 aromatic rings. The van der Waals surface area contributed by atoms with Crippen molar-refractivity contribution in [1.29, 1.82) is 0 Å². The molecule has 1 N–H and O–H groups in total. The van der Waals surface area contributed by atoms with Crippen molar-refractivity contribution in [1.82, 2.24) is 5.32 Å². The van der Waals surface area contributed by atoms with Gasteiger partial charge in [-0.1, -0.05) is 32.1 Å². The zero-order valence-electron chi connectivity index (χ0n) is 10.7. The Morgan fingerprint density at radius 3 is 2.38 bits per heavy atom. The quantitative estimate of drug-likeness (QED) is 0.794. The molecule has 94 valence electrons. The minimum absolute atomic E-state index is 0.470. The van der Waals surface area contributed by atoms with E-state index in [2.05, 4.69) is 5.32 Å². The summed E-state index contributed by atoms with van der Waals surface area (Å²) in [4.78, 5) is 0. The van der Waals surface area contributed by atoms with Gasteiger partial charge in [-0.25, -0.2) is 0 Å². The monoisotopic (exact) mass is 225 g/mol. The molecule has 2 fully saturated rings. The predicted octanol–water partition coefficient (Wildman–Crippen LogP) is 3.11. The second-order valence-corrected chi connectivity index (χ2v) is 5.58. The fourth-order valence-corrected chi connectivity index (χ4v) is 3.32. The molecule has 2 unspecified atom stereocenters. The maximum atomic E-state index is 5.58. The van der Waals surface area contributed by atoms with Crippen molar-refractivity contribution in [2.24, 2.45) is 5.92 Å². The number of nitrogens with one attached hydrogen (secondary N) is 1. The fraction of sp³-hybridized carbons (Fsp3) is 1.00. The first-order chi connectivity index (χ1) is 7.90. The van der Waals surface area contributed by atoms with Crippen LogP contribution in [0, 0.1) is 5.92 Å². The minimum Gasteiger partial charge on any atom is -0.380 e. The summed E-state index contributed by atoms with van der Waals surface area (Å²) in [5.41, 5.74) is 0. The van der Waals surface area contributed by atoms with Gasteiger partial charge in [0.05, 0.1) is 6.10 Å². The van der Waals surface area contributed by atoms with Crippen LogP contribution in [0.25, 0.3) is 0 Å². The second-order valence-electron chi connectivity index (χ2n) is 5.58. The first-order valence-corrected chi connectivity index (χ1v) is 7.16. The summed E-state index contributed by atoms with van der Waals surface area (Å²) in [6.45, 7) is 1.23. The van der Waals surface area contributed by atoms with Gasteiger partial charge < -0.3 is 10.1 Å². The molecule has 2 saturated carbocycles. The van der Waals surface area contributed by atoms with Crippen molar-refractivity contribution in [3.63, 3.8) is 0 Å². The summed E-state index contributed by atoms with van der Waals surface area (Å²) in [5, 5.41) is 3.77. The lowest BCUT2D eigenvalue weighted by Crippen LogP contribution is -2.45. The van der Waals surface area contributed by atoms with Crippen molar-refractivity contribution in [3.8, 4) is 0 Å². The van der Waals surface area contributed by atoms with Gasteiger partial charge in [0.15, 0.2) is 0 Å². The average molecular weight is 225 g/mol. The Morgan fingerprint density at radius 2 is 1.62 bits per heavy atom. The van der Waals surface area contributed by atoms with Crippen LogP contribution in [0.2, 0.25) is 0 Å². The van der Waals surface area contributed by atoms with E-state index >= 15 is 0 Å². The minimum atomic E-state index is 0.470. The first kappa shape index (κ1) is 12.4. The summed E-state index contributed by atoms with van der Waals surface area (Å²) in [6, 6.07) is 0.626. The highest BCUT2D eigenvalue weighted by atomic mass is 16.5. The Bertz CT molecular complexity index is 189. The SMILES string of the molecule is COC1CCCCC1NCC1CCCCC1. The van der Waals surface area contributed by atoms with Crippen molar-refractivity contribution in [2.75, 3.05) is 13.7 Å². The molecule has 0 aromatic carbocycles. The molecule has 2 rings (SSSR count). The van der Waals surface area contributed by atoms with Gasteiger partial charge in [0.1, 0.15) is 0 Å². The van der Waals surface area contributed by atoms with Gasteiger partial charge in [0.25, 0.3) is 0 Å². The Labute approximate surface area is 100 Å². The van der Waals surface area contributed by atoms with Crippen LogP contribution in [0.4, 0.5) is 0 Å². The topological polar surface area (TPSA) is 21.3 Å². The third-order valence-electron chi connectivity index (χ3n) is 4.40. The van der Waals surface area contributed by atoms with Gasteiger partial charge in [-0.3, -0.25) is 0 Å². The maximum Gasteiger partial charge on any atom is 0.0724 e. The van der Waals surface area contributed by atoms with E-state index in [4.69, 9.17) is 4.74 Å². The van der Waals surface area contributed by atoms with Gasteiger partial charge >= 0.3 is 0 Å². The van der Waals surface area contributed by atoms with Crippen molar-refractivity contribution < 1.29 is 4.74 Å². The zero-order valence-corrected chi connectivity index (χ0v) is 10.7. The van der Waals surface area contributed by atoms with Gasteiger partial charge in [-0.15, -0.1) is 0 Å². The molecule has 2 heteroatoms. The molecule has 0 aliphatic heterocycles. The molecule has 2 aliphatic rings. The highest BCUT2D eigenvalue weighted by Crippen LogP contribution is 2.25. The molecule has 0 heterocycles. The van der Waals surface area contributed by atoms with E-state index < -0.39 is 0 Å². The Hall–Kier alpha value is -0.0800. The average Bonchev–Trinajstić information content (AvgIpc) is 2.38. The van der Waals surface area contributed by atoms with Gasteiger partial charge in [-0.2, -0.15) is 0 Å². The molecular formula is C14H27NO. The molecule has 0 aromatic heterocycles. The van der Waals surface area contributed by atoms with Crippen molar-refractivity contribution in [3.05, 3.63) is 0 Å². The highest BCUT2D eigenvalue weighted by Gasteiger charge is 2.25. The van der Waals surface area contributed by atoms with Gasteiger partial charge in [0.2, 0.25) is 0 Å². The molecule has 16 heavy (non-hydrogen) atoms. The first-order valence-electron chi connectivity index (χ1n) is 7.16. The lowest BCUT2D eigenvalue weighted by Gasteiger charge is -2.33. The third kappa shape index (κ3) is 3.46. The summed E-state index contributed by atoms with van der Waals surface area (Å²) < 4.78 is 5.58. The maximum absolute atomic E-state index is 5.58. The Balaban J connectivity index is 1.70. The van der Waals surface area contributed by atoms with Crippen LogP contribution in [0.1, 0.15) is 57.8 Å². The standard InChI is InChI=1S/C14H27NO/c1-16-14-10-6-5-9-13(14)15-11-12-7-3-2-4-8-12/h12-15H,2-11H2,1H3. The second kappa shape index (κ2) is 6.61. The van der Waals surface area contributed by atoms with Gasteiger partial charge in [-0.05, 0) is 38.1 Å². The summed E-state index contributed by atoms with van der Waals surface area (Å²) >= 11 is 0.